The van der Waals surface area contributed by atoms with Gasteiger partial charge in [0.2, 0.25) is 0 Å². The molecule has 2 aromatic carbocycles. The van der Waals surface area contributed by atoms with Gasteiger partial charge < -0.3 is 10.4 Å². The molecule has 0 saturated carbocycles. The predicted octanol–water partition coefficient (Wildman–Crippen LogP) is 5.49. The fraction of sp³-hybridized carbons (Fsp3) is 0.0588. The number of thiazole rings is 1. The highest BCUT2D eigenvalue weighted by molar-refractivity contribution is 7.16. The van der Waals surface area contributed by atoms with Gasteiger partial charge in [-0.3, -0.25) is 4.79 Å². The van der Waals surface area contributed by atoms with Crippen molar-refractivity contribution >= 4 is 51.3 Å². The van der Waals surface area contributed by atoms with Crippen LogP contribution in [0.3, 0.4) is 0 Å². The molecule has 0 unspecified atom stereocenters. The SMILES string of the molecule is O=C(O)Cc1sc(Nc2c(Cl)cccc2Cl)nc1-c1ccccc1. The molecular formula is C17H12Cl2N2O2S. The van der Waals surface area contributed by atoms with Gasteiger partial charge in [0.1, 0.15) is 0 Å². The minimum atomic E-state index is -0.904. The van der Waals surface area contributed by atoms with Gasteiger partial charge in [0.05, 0.1) is 27.8 Å². The molecular weight excluding hydrogens is 367 g/mol. The molecule has 0 aliphatic rings. The maximum atomic E-state index is 11.1. The van der Waals surface area contributed by atoms with Crippen molar-refractivity contribution in [2.24, 2.45) is 0 Å². The van der Waals surface area contributed by atoms with Crippen LogP contribution < -0.4 is 5.32 Å². The smallest absolute Gasteiger partial charge is 0.308 e. The van der Waals surface area contributed by atoms with Crippen LogP contribution in [0.2, 0.25) is 10.0 Å². The van der Waals surface area contributed by atoms with Gasteiger partial charge in [-0.15, -0.1) is 11.3 Å². The van der Waals surface area contributed by atoms with Crippen molar-refractivity contribution in [2.45, 2.75) is 6.42 Å². The zero-order valence-electron chi connectivity index (χ0n) is 12.3. The van der Waals surface area contributed by atoms with Crippen LogP contribution in [0.25, 0.3) is 11.3 Å². The van der Waals surface area contributed by atoms with Crippen molar-refractivity contribution in [3.63, 3.8) is 0 Å². The van der Waals surface area contributed by atoms with Crippen molar-refractivity contribution in [1.82, 2.24) is 4.98 Å². The lowest BCUT2D eigenvalue weighted by Crippen LogP contribution is -1.99. The van der Waals surface area contributed by atoms with Crippen LogP contribution in [0.4, 0.5) is 10.8 Å². The Hall–Kier alpha value is -2.08. The lowest BCUT2D eigenvalue weighted by atomic mass is 10.1. The number of aliphatic carboxylic acids is 1. The second-order valence-corrected chi connectivity index (χ2v) is 6.85. The maximum Gasteiger partial charge on any atom is 0.308 e. The highest BCUT2D eigenvalue weighted by Crippen LogP contribution is 2.37. The first-order chi connectivity index (χ1) is 11.5. The number of nitrogens with one attached hydrogen (secondary N) is 1. The lowest BCUT2D eigenvalue weighted by molar-refractivity contribution is -0.136. The van der Waals surface area contributed by atoms with E-state index in [0.29, 0.717) is 31.4 Å². The van der Waals surface area contributed by atoms with Crippen molar-refractivity contribution in [2.75, 3.05) is 5.32 Å². The van der Waals surface area contributed by atoms with E-state index >= 15 is 0 Å². The standard InChI is InChI=1S/C17H12Cl2N2O2S/c18-11-7-4-8-12(19)16(11)21-17-20-15(10-5-2-1-3-6-10)13(24-17)9-14(22)23/h1-8H,9H2,(H,20,21)(H,22,23). The van der Waals surface area contributed by atoms with Crippen molar-refractivity contribution in [3.05, 3.63) is 63.5 Å². The van der Waals surface area contributed by atoms with Crippen molar-refractivity contribution < 1.29 is 9.90 Å². The average Bonchev–Trinajstić information content (AvgIpc) is 2.94. The first-order valence-electron chi connectivity index (χ1n) is 7.02. The molecule has 7 heteroatoms. The molecule has 1 heterocycles. The number of para-hydroxylation sites is 1. The molecule has 0 bridgehead atoms. The Morgan fingerprint density at radius 3 is 2.38 bits per heavy atom. The normalized spacial score (nSPS) is 10.6. The summed E-state index contributed by atoms with van der Waals surface area (Å²) in [6, 6.07) is 14.7. The van der Waals surface area contributed by atoms with E-state index in [0.717, 1.165) is 5.56 Å². The second kappa shape index (κ2) is 7.21. The highest BCUT2D eigenvalue weighted by Gasteiger charge is 2.17. The number of halogens is 2. The number of anilines is 2. The van der Waals surface area contributed by atoms with Crippen LogP contribution in [0, 0.1) is 0 Å². The fourth-order valence-corrected chi connectivity index (χ4v) is 3.68. The monoisotopic (exact) mass is 378 g/mol. The number of rotatable bonds is 5. The molecule has 0 aliphatic carbocycles. The number of carbonyl (C=O) groups is 1. The quantitative estimate of drug-likeness (QED) is 0.616. The molecule has 0 atom stereocenters. The van der Waals surface area contributed by atoms with Gasteiger partial charge in [-0.1, -0.05) is 59.6 Å². The van der Waals surface area contributed by atoms with E-state index in [1.807, 2.05) is 30.3 Å². The van der Waals surface area contributed by atoms with Gasteiger partial charge in [-0.2, -0.15) is 0 Å². The van der Waals surface area contributed by atoms with Gasteiger partial charge >= 0.3 is 5.97 Å². The zero-order valence-corrected chi connectivity index (χ0v) is 14.6. The molecule has 122 valence electrons. The molecule has 24 heavy (non-hydrogen) atoms. The number of aromatic nitrogens is 1. The molecule has 4 nitrogen and oxygen atoms in total. The first kappa shape index (κ1) is 16.8. The Kier molecular flexibility index (Phi) is 5.04. The Bertz CT molecular complexity index is 861. The largest absolute Gasteiger partial charge is 0.481 e. The summed E-state index contributed by atoms with van der Waals surface area (Å²) in [6.07, 6.45) is -0.0974. The second-order valence-electron chi connectivity index (χ2n) is 4.95. The van der Waals surface area contributed by atoms with E-state index in [4.69, 9.17) is 28.3 Å². The molecule has 0 amide bonds. The summed E-state index contributed by atoms with van der Waals surface area (Å²) in [4.78, 5) is 16.3. The van der Waals surface area contributed by atoms with Crippen LogP contribution in [0.1, 0.15) is 4.88 Å². The van der Waals surface area contributed by atoms with Crippen LogP contribution in [-0.4, -0.2) is 16.1 Å². The number of carboxylic acid groups (broad SMARTS) is 1. The third-order valence-corrected chi connectivity index (χ3v) is 4.85. The van der Waals surface area contributed by atoms with Gasteiger partial charge in [0, 0.05) is 10.4 Å². The van der Waals surface area contributed by atoms with Gasteiger partial charge in [0.15, 0.2) is 5.13 Å². The van der Waals surface area contributed by atoms with E-state index in [2.05, 4.69) is 10.3 Å². The summed E-state index contributed by atoms with van der Waals surface area (Å²) in [5, 5.41) is 13.7. The molecule has 0 saturated heterocycles. The van der Waals surface area contributed by atoms with Crippen LogP contribution in [0.15, 0.2) is 48.5 Å². The summed E-state index contributed by atoms with van der Waals surface area (Å²) >= 11 is 13.6. The third-order valence-electron chi connectivity index (χ3n) is 3.25. The molecule has 3 rings (SSSR count). The minimum Gasteiger partial charge on any atom is -0.481 e. The molecule has 0 aliphatic heterocycles. The molecule has 1 aromatic heterocycles. The number of benzene rings is 2. The summed E-state index contributed by atoms with van der Waals surface area (Å²) in [7, 11) is 0. The predicted molar refractivity (Wildman–Crippen MR) is 98.6 cm³/mol. The van der Waals surface area contributed by atoms with E-state index < -0.39 is 5.97 Å². The highest BCUT2D eigenvalue weighted by atomic mass is 35.5. The molecule has 0 fully saturated rings. The number of hydrogen-bond acceptors (Lipinski definition) is 4. The van der Waals surface area contributed by atoms with E-state index in [1.165, 1.54) is 11.3 Å². The number of nitrogens with zero attached hydrogens (tertiary/aromatic N) is 1. The minimum absolute atomic E-state index is 0.0974. The van der Waals surface area contributed by atoms with Crippen LogP contribution >= 0.6 is 34.5 Å². The summed E-state index contributed by atoms with van der Waals surface area (Å²) in [5.74, 6) is -0.904. The number of hydrogen-bond donors (Lipinski definition) is 2. The van der Waals surface area contributed by atoms with E-state index in [-0.39, 0.29) is 6.42 Å². The third kappa shape index (κ3) is 3.70. The van der Waals surface area contributed by atoms with Crippen LogP contribution in [0.5, 0.6) is 0 Å². The Labute approximate surface area is 152 Å². The van der Waals surface area contributed by atoms with Gasteiger partial charge in [-0.05, 0) is 12.1 Å². The van der Waals surface area contributed by atoms with Gasteiger partial charge in [0.25, 0.3) is 0 Å². The Balaban J connectivity index is 2.01. The maximum absolute atomic E-state index is 11.1. The number of carboxylic acids is 1. The average molecular weight is 379 g/mol. The fourth-order valence-electron chi connectivity index (χ4n) is 2.21. The summed E-state index contributed by atoms with van der Waals surface area (Å²) in [6.45, 7) is 0. The van der Waals surface area contributed by atoms with E-state index in [9.17, 15) is 4.79 Å². The summed E-state index contributed by atoms with van der Waals surface area (Å²) < 4.78 is 0. The van der Waals surface area contributed by atoms with Gasteiger partial charge in [-0.25, -0.2) is 4.98 Å². The zero-order chi connectivity index (χ0) is 17.1. The molecule has 2 N–H and O–H groups in total. The lowest BCUT2D eigenvalue weighted by Gasteiger charge is -2.06. The van der Waals surface area contributed by atoms with Crippen molar-refractivity contribution in [3.8, 4) is 11.3 Å². The van der Waals surface area contributed by atoms with E-state index in [1.54, 1.807) is 18.2 Å². The summed E-state index contributed by atoms with van der Waals surface area (Å²) in [5.41, 5.74) is 2.06. The molecule has 3 aromatic rings. The van der Waals surface area contributed by atoms with Crippen LogP contribution in [-0.2, 0) is 11.2 Å². The Morgan fingerprint density at radius 2 is 1.75 bits per heavy atom. The topological polar surface area (TPSA) is 62.2 Å². The molecule has 0 radical (unpaired) electrons. The molecule has 0 spiro atoms. The Morgan fingerprint density at radius 1 is 1.08 bits per heavy atom. The van der Waals surface area contributed by atoms with Crippen molar-refractivity contribution in [1.29, 1.82) is 0 Å². The first-order valence-corrected chi connectivity index (χ1v) is 8.60.